The summed E-state index contributed by atoms with van der Waals surface area (Å²) in [6, 6.07) is 3.06. The van der Waals surface area contributed by atoms with E-state index in [4.69, 9.17) is 4.74 Å². The van der Waals surface area contributed by atoms with Gasteiger partial charge in [0.1, 0.15) is 11.6 Å². The summed E-state index contributed by atoms with van der Waals surface area (Å²) in [4.78, 5) is 0. The maximum Gasteiger partial charge on any atom is 0.126 e. The number of rotatable bonds is 3. The molecule has 2 nitrogen and oxygen atoms in total. The first-order valence-corrected chi connectivity index (χ1v) is 4.55. The maximum atomic E-state index is 13.2. The molecule has 1 aromatic rings. The van der Waals surface area contributed by atoms with Gasteiger partial charge in [0.25, 0.3) is 0 Å². The van der Waals surface area contributed by atoms with Crippen molar-refractivity contribution in [3.8, 4) is 5.75 Å². The van der Waals surface area contributed by atoms with E-state index >= 15 is 0 Å². The van der Waals surface area contributed by atoms with Crippen molar-refractivity contribution < 1.29 is 14.2 Å². The van der Waals surface area contributed by atoms with Crippen molar-refractivity contribution in [3.05, 3.63) is 29.1 Å². The summed E-state index contributed by atoms with van der Waals surface area (Å²) >= 11 is 0. The highest BCUT2D eigenvalue weighted by Gasteiger charge is 2.09. The summed E-state index contributed by atoms with van der Waals surface area (Å²) in [5, 5.41) is 9.21. The molecule has 14 heavy (non-hydrogen) atoms. The first-order chi connectivity index (χ1) is 6.54. The predicted octanol–water partition coefficient (Wildman–Crippen LogP) is 2.07. The Hall–Kier alpha value is -1.09. The largest absolute Gasteiger partial charge is 0.496 e. The number of hydrogen-bond donors (Lipinski definition) is 1. The van der Waals surface area contributed by atoms with Crippen molar-refractivity contribution in [2.24, 2.45) is 0 Å². The maximum absolute atomic E-state index is 13.2. The Morgan fingerprint density at radius 1 is 1.50 bits per heavy atom. The minimum absolute atomic E-state index is 0.263. The third-order valence-corrected chi connectivity index (χ3v) is 2.08. The van der Waals surface area contributed by atoms with Gasteiger partial charge in [-0.25, -0.2) is 4.39 Å². The van der Waals surface area contributed by atoms with Gasteiger partial charge in [0.05, 0.1) is 13.2 Å². The lowest BCUT2D eigenvalue weighted by molar-refractivity contribution is 0.194. The highest BCUT2D eigenvalue weighted by Crippen LogP contribution is 2.23. The van der Waals surface area contributed by atoms with E-state index in [-0.39, 0.29) is 5.82 Å². The lowest BCUT2D eigenvalue weighted by Gasteiger charge is -2.11. The summed E-state index contributed by atoms with van der Waals surface area (Å²) in [5.74, 6) is 0.367. The predicted molar refractivity (Wildman–Crippen MR) is 53.1 cm³/mol. The smallest absolute Gasteiger partial charge is 0.126 e. The molecule has 0 unspecified atom stereocenters. The molecule has 0 radical (unpaired) electrons. The van der Waals surface area contributed by atoms with Crippen molar-refractivity contribution in [2.75, 3.05) is 7.11 Å². The van der Waals surface area contributed by atoms with Crippen LogP contribution in [-0.4, -0.2) is 18.3 Å². The molecule has 0 aromatic heterocycles. The molecule has 0 aliphatic carbocycles. The highest BCUT2D eigenvalue weighted by molar-refractivity contribution is 5.38. The van der Waals surface area contributed by atoms with Gasteiger partial charge in [0.2, 0.25) is 0 Å². The lowest BCUT2D eigenvalue weighted by atomic mass is 10.0. The van der Waals surface area contributed by atoms with Crippen molar-refractivity contribution >= 4 is 0 Å². The van der Waals surface area contributed by atoms with Crippen LogP contribution in [0.25, 0.3) is 0 Å². The lowest BCUT2D eigenvalue weighted by Crippen LogP contribution is -2.06. The summed E-state index contributed by atoms with van der Waals surface area (Å²) in [6.07, 6.45) is -0.0913. The molecule has 0 aliphatic rings. The number of methoxy groups -OCH3 is 1. The third kappa shape index (κ3) is 2.45. The van der Waals surface area contributed by atoms with E-state index in [9.17, 15) is 9.50 Å². The van der Waals surface area contributed by atoms with Gasteiger partial charge in [-0.15, -0.1) is 0 Å². The van der Waals surface area contributed by atoms with Gasteiger partial charge in [0.15, 0.2) is 0 Å². The SMILES string of the molecule is COc1cc(C)c(F)cc1C[C@@H](C)O. The Kier molecular flexibility index (Phi) is 3.47. The molecule has 0 amide bonds. The Morgan fingerprint density at radius 2 is 2.14 bits per heavy atom. The molecule has 1 aromatic carbocycles. The monoisotopic (exact) mass is 198 g/mol. The Balaban J connectivity index is 3.07. The highest BCUT2D eigenvalue weighted by atomic mass is 19.1. The second-order valence-corrected chi connectivity index (χ2v) is 3.47. The minimum atomic E-state index is -0.494. The molecule has 1 N–H and O–H groups in total. The summed E-state index contributed by atoms with van der Waals surface area (Å²) in [7, 11) is 1.54. The third-order valence-electron chi connectivity index (χ3n) is 2.08. The van der Waals surface area contributed by atoms with Crippen LogP contribution in [-0.2, 0) is 6.42 Å². The van der Waals surface area contributed by atoms with Crippen molar-refractivity contribution in [3.63, 3.8) is 0 Å². The molecule has 0 saturated carbocycles. The van der Waals surface area contributed by atoms with Crippen LogP contribution in [0, 0.1) is 12.7 Å². The zero-order valence-corrected chi connectivity index (χ0v) is 8.67. The number of halogens is 1. The Morgan fingerprint density at radius 3 is 2.64 bits per heavy atom. The number of aliphatic hydroxyl groups excluding tert-OH is 1. The van der Waals surface area contributed by atoms with Crippen LogP contribution in [0.5, 0.6) is 5.75 Å². The van der Waals surface area contributed by atoms with Crippen LogP contribution < -0.4 is 4.74 Å². The Labute approximate surface area is 83.3 Å². The average molecular weight is 198 g/mol. The molecule has 0 fully saturated rings. The molecule has 78 valence electrons. The molecule has 3 heteroatoms. The fourth-order valence-corrected chi connectivity index (χ4v) is 1.36. The zero-order chi connectivity index (χ0) is 10.7. The summed E-state index contributed by atoms with van der Waals surface area (Å²) in [5.41, 5.74) is 1.25. The van der Waals surface area contributed by atoms with Gasteiger partial charge in [-0.05, 0) is 37.1 Å². The van der Waals surface area contributed by atoms with E-state index in [0.29, 0.717) is 23.3 Å². The van der Waals surface area contributed by atoms with Crippen molar-refractivity contribution in [1.82, 2.24) is 0 Å². The van der Waals surface area contributed by atoms with Crippen LogP contribution in [0.3, 0.4) is 0 Å². The second kappa shape index (κ2) is 4.42. The second-order valence-electron chi connectivity index (χ2n) is 3.47. The van der Waals surface area contributed by atoms with Gasteiger partial charge in [-0.3, -0.25) is 0 Å². The molecule has 0 heterocycles. The molecule has 0 saturated heterocycles. The number of benzene rings is 1. The zero-order valence-electron chi connectivity index (χ0n) is 8.67. The average Bonchev–Trinajstić information content (AvgIpc) is 2.10. The molecule has 0 aliphatic heterocycles. The molecular formula is C11H15FO2. The van der Waals surface area contributed by atoms with Crippen molar-refractivity contribution in [2.45, 2.75) is 26.4 Å². The van der Waals surface area contributed by atoms with Gasteiger partial charge in [0, 0.05) is 6.42 Å². The summed E-state index contributed by atoms with van der Waals surface area (Å²) < 4.78 is 18.3. The number of aryl methyl sites for hydroxylation is 1. The minimum Gasteiger partial charge on any atom is -0.496 e. The molecule has 0 spiro atoms. The number of hydrogen-bond acceptors (Lipinski definition) is 2. The first-order valence-electron chi connectivity index (χ1n) is 4.55. The van der Waals surface area contributed by atoms with Crippen molar-refractivity contribution in [1.29, 1.82) is 0 Å². The van der Waals surface area contributed by atoms with Gasteiger partial charge >= 0.3 is 0 Å². The fourth-order valence-electron chi connectivity index (χ4n) is 1.36. The normalized spacial score (nSPS) is 12.6. The standard InChI is InChI=1S/C11H15FO2/c1-7-4-11(14-3)9(5-8(2)13)6-10(7)12/h4,6,8,13H,5H2,1-3H3/t8-/m1/s1. The van der Waals surface area contributed by atoms with Gasteiger partial charge in [-0.2, -0.15) is 0 Å². The van der Waals surface area contributed by atoms with E-state index < -0.39 is 6.10 Å². The van der Waals surface area contributed by atoms with E-state index in [2.05, 4.69) is 0 Å². The van der Waals surface area contributed by atoms with E-state index in [1.165, 1.54) is 13.2 Å². The van der Waals surface area contributed by atoms with Gasteiger partial charge in [-0.1, -0.05) is 0 Å². The molecule has 1 rings (SSSR count). The number of aliphatic hydroxyl groups is 1. The van der Waals surface area contributed by atoms with Crippen LogP contribution in [0.15, 0.2) is 12.1 Å². The van der Waals surface area contributed by atoms with E-state index in [0.717, 1.165) is 0 Å². The molecule has 0 bridgehead atoms. The first kappa shape index (κ1) is 11.0. The fraction of sp³-hybridized carbons (Fsp3) is 0.455. The summed E-state index contributed by atoms with van der Waals surface area (Å²) in [6.45, 7) is 3.35. The quantitative estimate of drug-likeness (QED) is 0.805. The molecule has 1 atom stereocenters. The van der Waals surface area contributed by atoms with Crippen LogP contribution in [0.1, 0.15) is 18.1 Å². The van der Waals surface area contributed by atoms with Crippen LogP contribution in [0.2, 0.25) is 0 Å². The van der Waals surface area contributed by atoms with Gasteiger partial charge < -0.3 is 9.84 Å². The Bertz CT molecular complexity index is 321. The number of ether oxygens (including phenoxy) is 1. The topological polar surface area (TPSA) is 29.5 Å². The van der Waals surface area contributed by atoms with E-state index in [1.54, 1.807) is 19.9 Å². The van der Waals surface area contributed by atoms with Crippen LogP contribution >= 0.6 is 0 Å². The van der Waals surface area contributed by atoms with E-state index in [1.807, 2.05) is 0 Å². The van der Waals surface area contributed by atoms with Crippen LogP contribution in [0.4, 0.5) is 4.39 Å². The molecular weight excluding hydrogens is 183 g/mol.